The first-order valence-electron chi connectivity index (χ1n) is 7.34. The molecule has 1 heterocycles. The number of halogens is 1. The van der Waals surface area contributed by atoms with Crippen LogP contribution in [0.4, 0.5) is 0 Å². The molecule has 1 aliphatic rings. The lowest BCUT2D eigenvalue weighted by Gasteiger charge is -2.23. The van der Waals surface area contributed by atoms with Gasteiger partial charge in [-0.25, -0.2) is 5.43 Å². The van der Waals surface area contributed by atoms with Crippen molar-refractivity contribution in [3.8, 4) is 11.5 Å². The highest BCUT2D eigenvalue weighted by Crippen LogP contribution is 2.39. The van der Waals surface area contributed by atoms with Gasteiger partial charge < -0.3 is 14.9 Å². The highest BCUT2D eigenvalue weighted by Gasteiger charge is 2.27. The number of rotatable bonds is 4. The predicted molar refractivity (Wildman–Crippen MR) is 88.1 cm³/mol. The molecule has 0 saturated carbocycles. The van der Waals surface area contributed by atoms with E-state index in [-0.39, 0.29) is 24.2 Å². The average Bonchev–Trinajstić information content (AvgIpc) is 2.42. The van der Waals surface area contributed by atoms with E-state index in [0.717, 1.165) is 0 Å². The maximum atomic E-state index is 11.4. The number of benzene rings is 1. The minimum Gasteiger partial charge on any atom is -0.507 e. The van der Waals surface area contributed by atoms with Crippen molar-refractivity contribution in [1.29, 1.82) is 0 Å². The molecule has 1 unspecified atom stereocenters. The fourth-order valence-corrected chi connectivity index (χ4v) is 2.65. The van der Waals surface area contributed by atoms with E-state index in [1.807, 2.05) is 6.92 Å². The van der Waals surface area contributed by atoms with Crippen molar-refractivity contribution in [1.82, 2.24) is 5.43 Å². The molecular weight excluding hydrogens is 320 g/mol. The number of phenols is 1. The first kappa shape index (κ1) is 17.6. The summed E-state index contributed by atoms with van der Waals surface area (Å²) < 4.78 is 5.55. The number of aromatic hydroxyl groups is 1. The first-order valence-corrected chi connectivity index (χ1v) is 7.72. The summed E-state index contributed by atoms with van der Waals surface area (Å²) in [6, 6.07) is 1.57. The lowest BCUT2D eigenvalue weighted by Crippen LogP contribution is -2.32. The smallest absolute Gasteiger partial charge is 0.240 e. The van der Waals surface area contributed by atoms with Crippen LogP contribution in [-0.2, 0) is 4.79 Å². The van der Waals surface area contributed by atoms with E-state index >= 15 is 0 Å². The van der Waals surface area contributed by atoms with Crippen molar-refractivity contribution in [2.75, 3.05) is 6.61 Å². The Labute approximate surface area is 140 Å². The van der Waals surface area contributed by atoms with E-state index < -0.39 is 5.60 Å². The van der Waals surface area contributed by atoms with Gasteiger partial charge in [-0.1, -0.05) is 18.5 Å². The third kappa shape index (κ3) is 3.95. The highest BCUT2D eigenvalue weighted by molar-refractivity contribution is 6.33. The lowest BCUT2D eigenvalue weighted by atomic mass is 9.92. The van der Waals surface area contributed by atoms with Crippen LogP contribution in [0.2, 0.25) is 5.02 Å². The van der Waals surface area contributed by atoms with Crippen LogP contribution in [0.1, 0.15) is 38.3 Å². The van der Waals surface area contributed by atoms with Gasteiger partial charge in [-0.3, -0.25) is 4.79 Å². The molecule has 126 valence electrons. The van der Waals surface area contributed by atoms with Crippen molar-refractivity contribution < 1.29 is 19.7 Å². The van der Waals surface area contributed by atoms with Crippen LogP contribution in [-0.4, -0.2) is 34.0 Å². The molecule has 3 N–H and O–H groups in total. The molecule has 0 radical (unpaired) electrons. The molecule has 6 nitrogen and oxygen atoms in total. The van der Waals surface area contributed by atoms with Crippen LogP contribution >= 0.6 is 11.6 Å². The van der Waals surface area contributed by atoms with E-state index in [9.17, 15) is 15.0 Å². The van der Waals surface area contributed by atoms with Gasteiger partial charge in [-0.2, -0.15) is 5.10 Å². The monoisotopic (exact) mass is 340 g/mol. The number of phenolic OH excluding ortho intramolecular Hbond substituents is 1. The summed E-state index contributed by atoms with van der Waals surface area (Å²) in [6.07, 6.45) is 0.298. The minimum atomic E-state index is -1.02. The molecule has 0 aliphatic carbocycles. The molecule has 1 aliphatic heterocycles. The van der Waals surface area contributed by atoms with Gasteiger partial charge in [0.05, 0.1) is 16.3 Å². The molecule has 0 aromatic heterocycles. The van der Waals surface area contributed by atoms with Crippen LogP contribution in [0, 0.1) is 12.8 Å². The Balaban J connectivity index is 2.40. The summed E-state index contributed by atoms with van der Waals surface area (Å²) >= 11 is 6.27. The second-order valence-electron chi connectivity index (χ2n) is 6.45. The first-order chi connectivity index (χ1) is 10.6. The van der Waals surface area contributed by atoms with E-state index in [1.165, 1.54) is 0 Å². The second kappa shape index (κ2) is 6.37. The molecule has 0 spiro atoms. The lowest BCUT2D eigenvalue weighted by molar-refractivity contribution is -0.121. The van der Waals surface area contributed by atoms with E-state index in [0.29, 0.717) is 34.0 Å². The number of hydrazone groups is 1. The van der Waals surface area contributed by atoms with Crippen molar-refractivity contribution in [3.05, 3.63) is 22.2 Å². The van der Waals surface area contributed by atoms with Crippen LogP contribution in [0.5, 0.6) is 11.5 Å². The summed E-state index contributed by atoms with van der Waals surface area (Å²) in [5, 5.41) is 24.6. The standard InChI is InChI=1S/C16H21ClN2O4/c1-8-5-12(20)18-19-13(8)10-6-11(17)15(9(2)14(10)21)23-7-16(3,4)22/h6,8,21-22H,5,7H2,1-4H3,(H,18,20). The van der Waals surface area contributed by atoms with Crippen LogP contribution in [0.25, 0.3) is 0 Å². The van der Waals surface area contributed by atoms with Gasteiger partial charge in [0.15, 0.2) is 0 Å². The number of hydrogen-bond donors (Lipinski definition) is 3. The second-order valence-corrected chi connectivity index (χ2v) is 6.85. The number of amides is 1. The molecule has 1 aromatic carbocycles. The van der Waals surface area contributed by atoms with Crippen LogP contribution in [0.3, 0.4) is 0 Å². The maximum absolute atomic E-state index is 11.4. The Kier molecular flexibility index (Phi) is 4.87. The molecule has 0 bridgehead atoms. The minimum absolute atomic E-state index is 0.00175. The van der Waals surface area contributed by atoms with Gasteiger partial charge in [0.1, 0.15) is 18.1 Å². The van der Waals surface area contributed by atoms with Crippen molar-refractivity contribution in [3.63, 3.8) is 0 Å². The largest absolute Gasteiger partial charge is 0.507 e. The zero-order chi connectivity index (χ0) is 17.4. The summed E-state index contributed by atoms with van der Waals surface area (Å²) in [7, 11) is 0. The molecule has 0 saturated heterocycles. The Hall–Kier alpha value is -1.79. The van der Waals surface area contributed by atoms with E-state index in [4.69, 9.17) is 16.3 Å². The summed E-state index contributed by atoms with van der Waals surface area (Å²) in [6.45, 7) is 6.81. The molecule has 1 aromatic rings. The zero-order valence-corrected chi connectivity index (χ0v) is 14.4. The number of aliphatic hydroxyl groups is 1. The van der Waals surface area contributed by atoms with Gasteiger partial charge in [0, 0.05) is 23.5 Å². The Morgan fingerprint density at radius 2 is 2.17 bits per heavy atom. The van der Waals surface area contributed by atoms with Crippen LogP contribution < -0.4 is 10.2 Å². The zero-order valence-electron chi connectivity index (χ0n) is 13.6. The third-order valence-electron chi connectivity index (χ3n) is 3.54. The average molecular weight is 341 g/mol. The van der Waals surface area contributed by atoms with Crippen LogP contribution in [0.15, 0.2) is 11.2 Å². The quantitative estimate of drug-likeness (QED) is 0.784. The topological polar surface area (TPSA) is 91.2 Å². The van der Waals surface area contributed by atoms with Gasteiger partial charge >= 0.3 is 0 Å². The highest BCUT2D eigenvalue weighted by atomic mass is 35.5. The summed E-state index contributed by atoms with van der Waals surface area (Å²) in [4.78, 5) is 11.4. The number of nitrogens with one attached hydrogen (secondary N) is 1. The molecule has 1 atom stereocenters. The van der Waals surface area contributed by atoms with Crippen molar-refractivity contribution in [2.45, 2.75) is 39.7 Å². The summed E-state index contributed by atoms with van der Waals surface area (Å²) in [5.74, 6) is 0.0342. The van der Waals surface area contributed by atoms with Gasteiger partial charge in [0.25, 0.3) is 0 Å². The van der Waals surface area contributed by atoms with Gasteiger partial charge in [0.2, 0.25) is 5.91 Å². The fraction of sp³-hybridized carbons (Fsp3) is 0.500. The molecule has 0 fully saturated rings. The number of carbonyl (C=O) groups is 1. The number of hydrogen-bond acceptors (Lipinski definition) is 5. The third-order valence-corrected chi connectivity index (χ3v) is 3.82. The Bertz CT molecular complexity index is 665. The molecule has 2 rings (SSSR count). The normalized spacial score (nSPS) is 18.4. The number of nitrogens with zero attached hydrogens (tertiary/aromatic N) is 1. The number of ether oxygens (including phenoxy) is 1. The van der Waals surface area contributed by atoms with E-state index in [1.54, 1.807) is 26.8 Å². The fourth-order valence-electron chi connectivity index (χ4n) is 2.35. The Morgan fingerprint density at radius 3 is 2.74 bits per heavy atom. The van der Waals surface area contributed by atoms with Crippen molar-refractivity contribution in [2.24, 2.45) is 11.0 Å². The van der Waals surface area contributed by atoms with E-state index in [2.05, 4.69) is 10.5 Å². The molecule has 7 heteroatoms. The maximum Gasteiger partial charge on any atom is 0.240 e. The summed E-state index contributed by atoms with van der Waals surface area (Å²) in [5.41, 5.74) is 2.90. The molecular formula is C16H21ClN2O4. The molecule has 1 amide bonds. The predicted octanol–water partition coefficient (Wildman–Crippen LogP) is 2.36. The Morgan fingerprint density at radius 1 is 1.52 bits per heavy atom. The number of carbonyl (C=O) groups excluding carboxylic acids is 1. The van der Waals surface area contributed by atoms with Crippen molar-refractivity contribution >= 4 is 23.2 Å². The molecule has 23 heavy (non-hydrogen) atoms. The van der Waals surface area contributed by atoms with Gasteiger partial charge in [-0.05, 0) is 26.8 Å². The van der Waals surface area contributed by atoms with Gasteiger partial charge in [-0.15, -0.1) is 0 Å². The SMILES string of the molecule is Cc1c(O)c(C2=NNC(=O)CC2C)cc(Cl)c1OCC(C)(C)O.